The van der Waals surface area contributed by atoms with Gasteiger partial charge in [-0.15, -0.1) is 0 Å². The minimum absolute atomic E-state index is 0.0638. The van der Waals surface area contributed by atoms with Gasteiger partial charge in [0.25, 0.3) is 0 Å². The third-order valence-corrected chi connectivity index (χ3v) is 3.71. The third kappa shape index (κ3) is 4.10. The van der Waals surface area contributed by atoms with Crippen molar-refractivity contribution in [1.82, 2.24) is 15.1 Å². The first kappa shape index (κ1) is 13.6. The van der Waals surface area contributed by atoms with Crippen LogP contribution in [0.5, 0.6) is 0 Å². The summed E-state index contributed by atoms with van der Waals surface area (Å²) in [5, 5.41) is 6.84. The number of hydrogen-bond donors (Lipinski definition) is 1. The summed E-state index contributed by atoms with van der Waals surface area (Å²) in [6.07, 6.45) is 7.32. The van der Waals surface area contributed by atoms with E-state index in [0.717, 1.165) is 25.5 Å². The molecule has 1 aromatic heterocycles. The Labute approximate surface area is 110 Å². The zero-order valence-electron chi connectivity index (χ0n) is 11.8. The van der Waals surface area contributed by atoms with Crippen LogP contribution >= 0.6 is 0 Å². The second-order valence-electron chi connectivity index (χ2n) is 6.09. The van der Waals surface area contributed by atoms with Crippen molar-refractivity contribution >= 4 is 0 Å². The number of hydrogen-bond acceptors (Lipinski definition) is 3. The van der Waals surface area contributed by atoms with Gasteiger partial charge in [0.2, 0.25) is 0 Å². The number of likely N-dealkylation sites (N-methyl/N-ethyl adjacent to an activating group) is 1. The highest BCUT2D eigenvalue weighted by Crippen LogP contribution is 2.28. The quantitative estimate of drug-likeness (QED) is 0.871. The molecule has 0 aromatic carbocycles. The Kier molecular flexibility index (Phi) is 4.40. The van der Waals surface area contributed by atoms with Gasteiger partial charge in [-0.05, 0) is 51.6 Å². The zero-order valence-corrected chi connectivity index (χ0v) is 11.8. The minimum atomic E-state index is 0.0638. The minimum Gasteiger partial charge on any atom is -0.376 e. The van der Waals surface area contributed by atoms with Crippen LogP contribution in [0, 0.1) is 5.92 Å². The lowest BCUT2D eigenvalue weighted by Gasteiger charge is -2.37. The molecule has 0 radical (unpaired) electrons. The van der Waals surface area contributed by atoms with Gasteiger partial charge in [0.15, 0.2) is 0 Å². The lowest BCUT2D eigenvalue weighted by atomic mass is 9.88. The van der Waals surface area contributed by atoms with Crippen LogP contribution < -0.4 is 0 Å². The third-order valence-electron chi connectivity index (χ3n) is 3.71. The molecule has 102 valence electrons. The molecule has 1 aliphatic heterocycles. The Morgan fingerprint density at radius 1 is 1.56 bits per heavy atom. The molecule has 1 saturated heterocycles. The fourth-order valence-electron chi connectivity index (χ4n) is 2.78. The molecule has 0 unspecified atom stereocenters. The molecule has 0 spiro atoms. The van der Waals surface area contributed by atoms with Crippen molar-refractivity contribution in [2.75, 3.05) is 26.7 Å². The van der Waals surface area contributed by atoms with Gasteiger partial charge in [0.1, 0.15) is 0 Å². The van der Waals surface area contributed by atoms with Crippen LogP contribution in [0.2, 0.25) is 0 Å². The first-order valence-corrected chi connectivity index (χ1v) is 6.85. The van der Waals surface area contributed by atoms with E-state index < -0.39 is 0 Å². The van der Waals surface area contributed by atoms with E-state index in [0.29, 0.717) is 0 Å². The fourth-order valence-corrected chi connectivity index (χ4v) is 2.78. The predicted molar refractivity (Wildman–Crippen MR) is 72.5 cm³/mol. The predicted octanol–water partition coefficient (Wildman–Crippen LogP) is 2.09. The number of H-pyrrole nitrogens is 1. The van der Waals surface area contributed by atoms with Crippen molar-refractivity contribution in [2.45, 2.75) is 38.7 Å². The van der Waals surface area contributed by atoms with E-state index in [9.17, 15) is 0 Å². The maximum absolute atomic E-state index is 5.77. The first-order valence-electron chi connectivity index (χ1n) is 6.85. The Balaban J connectivity index is 1.72. The van der Waals surface area contributed by atoms with E-state index in [1.54, 1.807) is 0 Å². The summed E-state index contributed by atoms with van der Waals surface area (Å²) in [6, 6.07) is 0. The fraction of sp³-hybridized carbons (Fsp3) is 0.786. The van der Waals surface area contributed by atoms with Gasteiger partial charge in [-0.3, -0.25) is 5.10 Å². The van der Waals surface area contributed by atoms with Crippen LogP contribution in [-0.2, 0) is 11.2 Å². The average molecular weight is 251 g/mol. The Hall–Kier alpha value is -0.870. The van der Waals surface area contributed by atoms with Crippen molar-refractivity contribution in [3.8, 4) is 0 Å². The van der Waals surface area contributed by atoms with Gasteiger partial charge in [0.05, 0.1) is 11.8 Å². The summed E-state index contributed by atoms with van der Waals surface area (Å²) >= 11 is 0. The molecule has 0 aliphatic carbocycles. The smallest absolute Gasteiger partial charge is 0.0629 e. The van der Waals surface area contributed by atoms with Crippen molar-refractivity contribution in [3.05, 3.63) is 18.0 Å². The Morgan fingerprint density at radius 3 is 3.06 bits per heavy atom. The van der Waals surface area contributed by atoms with E-state index in [1.165, 1.54) is 24.9 Å². The van der Waals surface area contributed by atoms with Gasteiger partial charge < -0.3 is 9.64 Å². The number of nitrogens with one attached hydrogen (secondary N) is 1. The van der Waals surface area contributed by atoms with Gasteiger partial charge in [-0.2, -0.15) is 5.10 Å². The second-order valence-corrected chi connectivity index (χ2v) is 6.09. The SMILES string of the molecule is CN(CCc1cn[nH]c1)C[C@H]1CCOC(C)(C)C1. The number of nitrogens with zero attached hydrogens (tertiary/aromatic N) is 2. The Bertz CT molecular complexity index is 348. The summed E-state index contributed by atoms with van der Waals surface area (Å²) < 4.78 is 5.77. The molecule has 0 bridgehead atoms. The normalized spacial score (nSPS) is 23.4. The molecule has 1 fully saturated rings. The summed E-state index contributed by atoms with van der Waals surface area (Å²) in [6.45, 7) is 7.57. The van der Waals surface area contributed by atoms with Crippen LogP contribution in [0.4, 0.5) is 0 Å². The van der Waals surface area contributed by atoms with Gasteiger partial charge >= 0.3 is 0 Å². The maximum atomic E-state index is 5.77. The highest BCUT2D eigenvalue weighted by molar-refractivity contribution is 5.02. The standard InChI is InChI=1S/C14H25N3O/c1-14(2)8-12(5-7-18-14)11-17(3)6-4-13-9-15-16-10-13/h9-10,12H,4-8,11H2,1-3H3,(H,15,16)/t12-/m0/s1. The van der Waals surface area contributed by atoms with Gasteiger partial charge in [-0.1, -0.05) is 0 Å². The Morgan fingerprint density at radius 2 is 2.39 bits per heavy atom. The summed E-state index contributed by atoms with van der Waals surface area (Å²) in [5.74, 6) is 0.767. The van der Waals surface area contributed by atoms with E-state index in [-0.39, 0.29) is 5.60 Å². The molecule has 18 heavy (non-hydrogen) atoms. The monoisotopic (exact) mass is 251 g/mol. The van der Waals surface area contributed by atoms with Crippen molar-refractivity contribution in [1.29, 1.82) is 0 Å². The van der Waals surface area contributed by atoms with E-state index in [4.69, 9.17) is 4.74 Å². The summed E-state index contributed by atoms with van der Waals surface area (Å²) in [7, 11) is 2.21. The summed E-state index contributed by atoms with van der Waals surface area (Å²) in [5.41, 5.74) is 1.35. The molecule has 2 rings (SSSR count). The molecule has 2 heterocycles. The van der Waals surface area contributed by atoms with Crippen LogP contribution in [0.3, 0.4) is 0 Å². The lowest BCUT2D eigenvalue weighted by molar-refractivity contribution is -0.0758. The van der Waals surface area contributed by atoms with Gasteiger partial charge in [0, 0.05) is 25.9 Å². The molecule has 1 aliphatic rings. The first-order chi connectivity index (χ1) is 8.55. The zero-order chi connectivity index (χ0) is 13.0. The number of aromatic nitrogens is 2. The van der Waals surface area contributed by atoms with Crippen LogP contribution in [0.1, 0.15) is 32.3 Å². The van der Waals surface area contributed by atoms with E-state index >= 15 is 0 Å². The molecular weight excluding hydrogens is 226 g/mol. The van der Waals surface area contributed by atoms with Crippen LogP contribution in [0.15, 0.2) is 12.4 Å². The lowest BCUT2D eigenvalue weighted by Crippen LogP contribution is -2.39. The van der Waals surface area contributed by atoms with Crippen LogP contribution in [-0.4, -0.2) is 47.4 Å². The van der Waals surface area contributed by atoms with Crippen molar-refractivity contribution in [2.24, 2.45) is 5.92 Å². The van der Waals surface area contributed by atoms with Crippen molar-refractivity contribution < 1.29 is 4.74 Å². The molecule has 0 amide bonds. The number of rotatable bonds is 5. The van der Waals surface area contributed by atoms with E-state index in [1.807, 2.05) is 12.4 Å². The second kappa shape index (κ2) is 5.85. The molecule has 4 heteroatoms. The highest BCUT2D eigenvalue weighted by atomic mass is 16.5. The maximum Gasteiger partial charge on any atom is 0.0629 e. The van der Waals surface area contributed by atoms with Crippen molar-refractivity contribution in [3.63, 3.8) is 0 Å². The van der Waals surface area contributed by atoms with Crippen LogP contribution in [0.25, 0.3) is 0 Å². The molecule has 1 atom stereocenters. The molecule has 0 saturated carbocycles. The highest BCUT2D eigenvalue weighted by Gasteiger charge is 2.29. The topological polar surface area (TPSA) is 41.2 Å². The molecule has 1 N–H and O–H groups in total. The molecule has 1 aromatic rings. The van der Waals surface area contributed by atoms with Gasteiger partial charge in [-0.25, -0.2) is 0 Å². The van der Waals surface area contributed by atoms with E-state index in [2.05, 4.69) is 36.0 Å². The summed E-state index contributed by atoms with van der Waals surface area (Å²) in [4.78, 5) is 2.43. The molecular formula is C14H25N3O. The molecule has 4 nitrogen and oxygen atoms in total. The average Bonchev–Trinajstić information content (AvgIpc) is 2.77. The largest absolute Gasteiger partial charge is 0.376 e. The number of ether oxygens (including phenoxy) is 1. The number of aromatic amines is 1.